The number of morpholine rings is 1. The standard InChI is InChI=1S/C22H20N4O2S/c23-22(27)17-13-18(14-4-2-1-3-5-14)24-20-16-7-6-15(12-19(16)25-21(17)20)29-26-8-10-28-11-9-26/h1-7,12-13,25H,8-11H2,(H2,23,27). The fourth-order valence-electron chi connectivity index (χ4n) is 3.63. The lowest BCUT2D eigenvalue weighted by Crippen LogP contribution is -2.30. The molecular weight excluding hydrogens is 384 g/mol. The van der Waals surface area contributed by atoms with Gasteiger partial charge in [0.05, 0.1) is 35.5 Å². The summed E-state index contributed by atoms with van der Waals surface area (Å²) in [4.78, 5) is 21.5. The zero-order chi connectivity index (χ0) is 19.8. The van der Waals surface area contributed by atoms with Crippen LogP contribution in [0.4, 0.5) is 0 Å². The third-order valence-electron chi connectivity index (χ3n) is 5.06. The first-order chi connectivity index (χ1) is 14.2. The molecule has 3 N–H and O–H groups in total. The highest BCUT2D eigenvalue weighted by Gasteiger charge is 2.17. The van der Waals surface area contributed by atoms with Crippen molar-refractivity contribution in [2.75, 3.05) is 26.3 Å². The first-order valence-corrected chi connectivity index (χ1v) is 10.3. The van der Waals surface area contributed by atoms with Gasteiger partial charge in [-0.25, -0.2) is 9.29 Å². The van der Waals surface area contributed by atoms with Gasteiger partial charge in [-0.2, -0.15) is 0 Å². The molecule has 1 fully saturated rings. The summed E-state index contributed by atoms with van der Waals surface area (Å²) in [6, 6.07) is 17.8. The molecule has 4 aromatic rings. The van der Waals surface area contributed by atoms with E-state index in [0.717, 1.165) is 58.9 Å². The minimum Gasteiger partial charge on any atom is -0.379 e. The molecule has 0 aliphatic carbocycles. The minimum absolute atomic E-state index is 0.451. The molecule has 2 aromatic heterocycles. The molecule has 1 amide bonds. The van der Waals surface area contributed by atoms with Crippen LogP contribution in [-0.2, 0) is 4.74 Å². The van der Waals surface area contributed by atoms with E-state index in [1.807, 2.05) is 30.3 Å². The fraction of sp³-hybridized carbons (Fsp3) is 0.182. The first-order valence-electron chi connectivity index (χ1n) is 9.51. The molecule has 7 heteroatoms. The van der Waals surface area contributed by atoms with Gasteiger partial charge in [0.25, 0.3) is 5.91 Å². The Morgan fingerprint density at radius 3 is 2.66 bits per heavy atom. The van der Waals surface area contributed by atoms with Crippen LogP contribution in [0.3, 0.4) is 0 Å². The average Bonchev–Trinajstić information content (AvgIpc) is 3.12. The van der Waals surface area contributed by atoms with Crippen molar-refractivity contribution in [3.63, 3.8) is 0 Å². The van der Waals surface area contributed by atoms with Crippen molar-refractivity contribution >= 4 is 39.8 Å². The van der Waals surface area contributed by atoms with Crippen LogP contribution in [0.25, 0.3) is 33.2 Å². The Balaban J connectivity index is 1.62. The van der Waals surface area contributed by atoms with Crippen LogP contribution in [0, 0.1) is 0 Å². The second-order valence-electron chi connectivity index (χ2n) is 6.97. The lowest BCUT2D eigenvalue weighted by atomic mass is 10.1. The van der Waals surface area contributed by atoms with Crippen LogP contribution < -0.4 is 5.73 Å². The van der Waals surface area contributed by atoms with Crippen LogP contribution >= 0.6 is 11.9 Å². The number of nitrogens with two attached hydrogens (primary N) is 1. The number of ether oxygens (including phenoxy) is 1. The van der Waals surface area contributed by atoms with Crippen molar-refractivity contribution in [2.45, 2.75) is 4.90 Å². The lowest BCUT2D eigenvalue weighted by Gasteiger charge is -2.25. The third-order valence-corrected chi connectivity index (χ3v) is 6.15. The molecule has 0 saturated carbocycles. The van der Waals surface area contributed by atoms with Gasteiger partial charge in [0, 0.05) is 34.5 Å². The van der Waals surface area contributed by atoms with E-state index in [1.165, 1.54) is 0 Å². The summed E-state index contributed by atoms with van der Waals surface area (Å²) in [5, 5.41) is 0.978. The first kappa shape index (κ1) is 18.2. The highest BCUT2D eigenvalue weighted by Crippen LogP contribution is 2.33. The van der Waals surface area contributed by atoms with E-state index in [0.29, 0.717) is 11.1 Å². The predicted octanol–water partition coefficient (Wildman–Crippen LogP) is 3.82. The number of aromatic amines is 1. The fourth-order valence-corrected chi connectivity index (χ4v) is 4.56. The van der Waals surface area contributed by atoms with E-state index >= 15 is 0 Å². The molecule has 0 radical (unpaired) electrons. The molecule has 1 saturated heterocycles. The number of pyridine rings is 1. The van der Waals surface area contributed by atoms with Crippen LogP contribution in [0.2, 0.25) is 0 Å². The Kier molecular flexibility index (Phi) is 4.71. The maximum absolute atomic E-state index is 12.2. The summed E-state index contributed by atoms with van der Waals surface area (Å²) in [6.45, 7) is 3.33. The van der Waals surface area contributed by atoms with Gasteiger partial charge in [-0.05, 0) is 36.2 Å². The van der Waals surface area contributed by atoms with Crippen LogP contribution in [0.1, 0.15) is 10.4 Å². The zero-order valence-electron chi connectivity index (χ0n) is 15.7. The van der Waals surface area contributed by atoms with Gasteiger partial charge in [0.1, 0.15) is 0 Å². The van der Waals surface area contributed by atoms with Gasteiger partial charge >= 0.3 is 0 Å². The number of rotatable bonds is 4. The Hall–Kier alpha value is -2.87. The number of aromatic nitrogens is 2. The van der Waals surface area contributed by atoms with E-state index < -0.39 is 5.91 Å². The van der Waals surface area contributed by atoms with Gasteiger partial charge < -0.3 is 15.5 Å². The number of nitrogens with one attached hydrogen (secondary N) is 1. The van der Waals surface area contributed by atoms with Crippen molar-refractivity contribution in [2.24, 2.45) is 5.73 Å². The van der Waals surface area contributed by atoms with E-state index in [4.69, 9.17) is 15.5 Å². The molecule has 0 atom stereocenters. The lowest BCUT2D eigenvalue weighted by molar-refractivity contribution is 0.0773. The Labute approximate surface area is 172 Å². The van der Waals surface area contributed by atoms with E-state index in [-0.39, 0.29) is 0 Å². The van der Waals surface area contributed by atoms with Gasteiger partial charge in [-0.15, -0.1) is 0 Å². The van der Waals surface area contributed by atoms with E-state index in [1.54, 1.807) is 18.0 Å². The summed E-state index contributed by atoms with van der Waals surface area (Å²) in [5.41, 5.74) is 10.2. The predicted molar refractivity (Wildman–Crippen MR) is 116 cm³/mol. The maximum atomic E-state index is 12.2. The number of carbonyl (C=O) groups excluding carboxylic acids is 1. The molecule has 3 heterocycles. The summed E-state index contributed by atoms with van der Waals surface area (Å²) in [6.07, 6.45) is 0. The van der Waals surface area contributed by atoms with Crippen LogP contribution in [-0.4, -0.2) is 46.5 Å². The monoisotopic (exact) mass is 404 g/mol. The molecule has 1 aliphatic rings. The Morgan fingerprint density at radius 1 is 1.10 bits per heavy atom. The molecule has 5 rings (SSSR count). The molecule has 0 bridgehead atoms. The molecule has 2 aromatic carbocycles. The SMILES string of the molecule is NC(=O)c1cc(-c2ccccc2)nc2c1[nH]c1cc(SN3CCOCC3)ccc12. The Morgan fingerprint density at radius 2 is 1.90 bits per heavy atom. The largest absolute Gasteiger partial charge is 0.379 e. The maximum Gasteiger partial charge on any atom is 0.250 e. The highest BCUT2D eigenvalue weighted by molar-refractivity contribution is 7.97. The molecule has 1 aliphatic heterocycles. The summed E-state index contributed by atoms with van der Waals surface area (Å²) >= 11 is 1.72. The zero-order valence-corrected chi connectivity index (χ0v) is 16.5. The topological polar surface area (TPSA) is 84.2 Å². The number of benzene rings is 2. The number of amides is 1. The molecule has 146 valence electrons. The molecule has 29 heavy (non-hydrogen) atoms. The van der Waals surface area contributed by atoms with Crippen LogP contribution in [0.15, 0.2) is 59.5 Å². The van der Waals surface area contributed by atoms with Crippen molar-refractivity contribution in [3.8, 4) is 11.3 Å². The number of H-pyrrole nitrogens is 1. The van der Waals surface area contributed by atoms with Crippen molar-refractivity contribution in [1.82, 2.24) is 14.3 Å². The van der Waals surface area contributed by atoms with Gasteiger partial charge in [-0.1, -0.05) is 30.3 Å². The third kappa shape index (κ3) is 3.48. The van der Waals surface area contributed by atoms with Crippen molar-refractivity contribution in [3.05, 3.63) is 60.2 Å². The second-order valence-corrected chi connectivity index (χ2v) is 8.14. The highest BCUT2D eigenvalue weighted by atomic mass is 32.2. The van der Waals surface area contributed by atoms with Gasteiger partial charge in [-0.3, -0.25) is 4.79 Å². The smallest absolute Gasteiger partial charge is 0.250 e. The van der Waals surface area contributed by atoms with Gasteiger partial charge in [0.15, 0.2) is 0 Å². The number of hydrogen-bond acceptors (Lipinski definition) is 5. The number of carbonyl (C=O) groups is 1. The summed E-state index contributed by atoms with van der Waals surface area (Å²) in [7, 11) is 0. The van der Waals surface area contributed by atoms with Gasteiger partial charge in [0.2, 0.25) is 0 Å². The molecule has 6 nitrogen and oxygen atoms in total. The van der Waals surface area contributed by atoms with Crippen molar-refractivity contribution in [1.29, 1.82) is 0 Å². The normalized spacial score (nSPS) is 15.2. The summed E-state index contributed by atoms with van der Waals surface area (Å²) < 4.78 is 7.72. The number of primary amides is 1. The van der Waals surface area contributed by atoms with Crippen LogP contribution in [0.5, 0.6) is 0 Å². The molecule has 0 unspecified atom stereocenters. The number of fused-ring (bicyclic) bond motifs is 3. The number of nitrogens with zero attached hydrogens (tertiary/aromatic N) is 2. The summed E-state index contributed by atoms with van der Waals surface area (Å²) in [5.74, 6) is -0.468. The van der Waals surface area contributed by atoms with E-state index in [2.05, 4.69) is 27.5 Å². The molecule has 0 spiro atoms. The molecular formula is C22H20N4O2S. The average molecular weight is 404 g/mol. The Bertz CT molecular complexity index is 1200. The quantitative estimate of drug-likeness (QED) is 0.505. The number of hydrogen-bond donors (Lipinski definition) is 2. The minimum atomic E-state index is -0.468. The van der Waals surface area contributed by atoms with E-state index in [9.17, 15) is 4.79 Å². The second kappa shape index (κ2) is 7.51. The van der Waals surface area contributed by atoms with Crippen molar-refractivity contribution < 1.29 is 9.53 Å².